The van der Waals surface area contributed by atoms with E-state index in [9.17, 15) is 0 Å². The molecule has 0 N–H and O–H groups in total. The molecular weight excluding hydrogens is 128 g/mol. The van der Waals surface area contributed by atoms with Gasteiger partial charge in [-0.15, -0.1) is 0 Å². The van der Waals surface area contributed by atoms with Crippen molar-refractivity contribution in [2.24, 2.45) is 0 Å². The molecule has 0 saturated carbocycles. The van der Waals surface area contributed by atoms with Crippen molar-refractivity contribution in [3.05, 3.63) is 23.6 Å². The number of rotatable bonds is 1. The summed E-state index contributed by atoms with van der Waals surface area (Å²) in [6.45, 7) is 4.51. The molecule has 1 aliphatic heterocycles. The Morgan fingerprint density at radius 1 is 1.11 bits per heavy atom. The second kappa shape index (κ2) is 3.02. The molecule has 0 saturated heterocycles. The highest BCUT2D eigenvalue weighted by Gasteiger charge is 1.95. The first-order valence-corrected chi connectivity index (χ1v) is 4.61. The Labute approximate surface area is 59.2 Å². The first kappa shape index (κ1) is 6.81. The van der Waals surface area contributed by atoms with Crippen LogP contribution in [0.15, 0.2) is 23.6 Å². The van der Waals surface area contributed by atoms with Crippen LogP contribution < -0.4 is 0 Å². The lowest BCUT2D eigenvalue weighted by Gasteiger charge is -2.07. The van der Waals surface area contributed by atoms with E-state index >= 15 is 0 Å². The van der Waals surface area contributed by atoms with Gasteiger partial charge >= 0.3 is 0 Å². The molecule has 0 nitrogen and oxygen atoms in total. The normalized spacial score (nSPS) is 24.6. The Bertz CT molecular complexity index is 173. The third kappa shape index (κ3) is 1.83. The quantitative estimate of drug-likeness (QED) is 0.491. The Kier molecular flexibility index (Phi) is 2.29. The highest BCUT2D eigenvalue weighted by Crippen LogP contribution is 2.22. The Hall–Kier alpha value is -0.300. The van der Waals surface area contributed by atoms with Gasteiger partial charge in [-0.3, -0.25) is 0 Å². The molecule has 1 heterocycles. The van der Waals surface area contributed by atoms with Crippen molar-refractivity contribution in [1.29, 1.82) is 0 Å². The van der Waals surface area contributed by atoms with Crippen LogP contribution in [0.25, 0.3) is 0 Å². The van der Waals surface area contributed by atoms with E-state index < -0.39 is 0 Å². The summed E-state index contributed by atoms with van der Waals surface area (Å²) in [6.07, 6.45) is 6.33. The molecule has 1 unspecified atom stereocenters. The van der Waals surface area contributed by atoms with Crippen LogP contribution in [0.2, 0.25) is 0 Å². The van der Waals surface area contributed by atoms with Crippen molar-refractivity contribution < 1.29 is 0 Å². The lowest BCUT2D eigenvalue weighted by Crippen LogP contribution is -1.90. The van der Waals surface area contributed by atoms with E-state index in [1.54, 1.807) is 0 Å². The summed E-state index contributed by atoms with van der Waals surface area (Å²) in [5, 5.41) is 5.31. The van der Waals surface area contributed by atoms with Crippen LogP contribution >= 0.6 is 10.5 Å². The largest absolute Gasteiger partial charge is 0.159 e. The fraction of sp³-hybridized carbons (Fsp3) is 0.375. The predicted molar refractivity (Wildman–Crippen MR) is 47.1 cm³/mol. The zero-order chi connectivity index (χ0) is 6.69. The van der Waals surface area contributed by atoms with Crippen LogP contribution in [-0.4, -0.2) is 10.6 Å². The molecule has 0 amide bonds. The fourth-order valence-corrected chi connectivity index (χ4v) is 1.96. The van der Waals surface area contributed by atoms with E-state index in [0.717, 1.165) is 5.25 Å². The van der Waals surface area contributed by atoms with Gasteiger partial charge in [0, 0.05) is 0 Å². The van der Waals surface area contributed by atoms with Crippen molar-refractivity contribution in [3.63, 3.8) is 0 Å². The molecule has 0 aromatic heterocycles. The topological polar surface area (TPSA) is 0 Å². The predicted octanol–water partition coefficient (Wildman–Crippen LogP) is 2.55. The van der Waals surface area contributed by atoms with E-state index in [4.69, 9.17) is 0 Å². The van der Waals surface area contributed by atoms with Crippen molar-refractivity contribution in [1.82, 2.24) is 0 Å². The maximum absolute atomic E-state index is 2.27. The smallest absolute Gasteiger partial charge is 0.00212 e. The third-order valence-electron chi connectivity index (χ3n) is 1.24. The van der Waals surface area contributed by atoms with Crippen molar-refractivity contribution in [2.45, 2.75) is 19.1 Å². The van der Waals surface area contributed by atoms with Crippen molar-refractivity contribution in [2.75, 3.05) is 0 Å². The van der Waals surface area contributed by atoms with Gasteiger partial charge in [-0.2, -0.15) is 10.5 Å². The van der Waals surface area contributed by atoms with Crippen LogP contribution in [0.1, 0.15) is 13.8 Å². The second-order valence-electron chi connectivity index (χ2n) is 2.31. The Morgan fingerprint density at radius 2 is 1.89 bits per heavy atom. The first-order chi connectivity index (χ1) is 4.30. The molecule has 0 bridgehead atoms. The lowest BCUT2D eigenvalue weighted by atomic mass is 10.5. The van der Waals surface area contributed by atoms with Crippen molar-refractivity contribution in [3.8, 4) is 0 Å². The van der Waals surface area contributed by atoms with Gasteiger partial charge in [-0.1, -0.05) is 32.1 Å². The summed E-state index contributed by atoms with van der Waals surface area (Å²) in [5.74, 6) is 0. The lowest BCUT2D eigenvalue weighted by molar-refractivity contribution is 1.12. The summed E-state index contributed by atoms with van der Waals surface area (Å²) in [6, 6.07) is 0. The highest BCUT2D eigenvalue weighted by molar-refractivity contribution is 8.18. The SMILES string of the molecule is CC(C)S1=CC=CC=C1. The number of allylic oxidation sites excluding steroid dienone is 3. The maximum atomic E-state index is 2.27. The van der Waals surface area contributed by atoms with Gasteiger partial charge < -0.3 is 0 Å². The molecule has 1 rings (SSSR count). The summed E-state index contributed by atoms with van der Waals surface area (Å²) >= 11 is 0. The molecular formula is C8H12S. The minimum atomic E-state index is 0.411. The molecule has 1 heteroatoms. The molecule has 0 aromatic rings. The van der Waals surface area contributed by atoms with E-state index in [0.29, 0.717) is 10.5 Å². The van der Waals surface area contributed by atoms with Crippen LogP contribution in [0, 0.1) is 0 Å². The summed E-state index contributed by atoms with van der Waals surface area (Å²) in [5.41, 5.74) is 0. The summed E-state index contributed by atoms with van der Waals surface area (Å²) < 4.78 is 0. The van der Waals surface area contributed by atoms with Gasteiger partial charge in [0.1, 0.15) is 0 Å². The molecule has 0 fully saturated rings. The standard InChI is InChI=1S/C8H12S/c1-8(2)9-6-4-3-5-7-9/h3-8H,1-2H3. The molecule has 50 valence electrons. The molecule has 0 aromatic carbocycles. The zero-order valence-corrected chi connectivity index (χ0v) is 6.69. The average Bonchev–Trinajstić information content (AvgIpc) is 1.90. The van der Waals surface area contributed by atoms with Gasteiger partial charge in [0.2, 0.25) is 0 Å². The summed E-state index contributed by atoms with van der Waals surface area (Å²) in [7, 11) is 0.411. The van der Waals surface area contributed by atoms with Crippen LogP contribution in [0.3, 0.4) is 0 Å². The van der Waals surface area contributed by atoms with Gasteiger partial charge in [0.25, 0.3) is 0 Å². The maximum Gasteiger partial charge on any atom is -0.00212 e. The van der Waals surface area contributed by atoms with Crippen LogP contribution in [0.5, 0.6) is 0 Å². The highest BCUT2D eigenvalue weighted by atomic mass is 32.2. The Balaban J connectivity index is 2.72. The third-order valence-corrected chi connectivity index (χ3v) is 3.27. The monoisotopic (exact) mass is 140 g/mol. The van der Waals surface area contributed by atoms with E-state index in [-0.39, 0.29) is 0 Å². The molecule has 0 radical (unpaired) electrons. The van der Waals surface area contributed by atoms with Gasteiger partial charge in [0.05, 0.1) is 0 Å². The minimum Gasteiger partial charge on any atom is -0.159 e. The van der Waals surface area contributed by atoms with E-state index in [1.807, 2.05) is 0 Å². The van der Waals surface area contributed by atoms with E-state index in [1.165, 1.54) is 0 Å². The van der Waals surface area contributed by atoms with Gasteiger partial charge in [-0.05, 0) is 16.0 Å². The Morgan fingerprint density at radius 3 is 2.22 bits per heavy atom. The number of hydrogen-bond donors (Lipinski definition) is 0. The molecule has 9 heavy (non-hydrogen) atoms. The first-order valence-electron chi connectivity index (χ1n) is 3.20. The summed E-state index contributed by atoms with van der Waals surface area (Å²) in [4.78, 5) is 0. The van der Waals surface area contributed by atoms with Crippen LogP contribution in [0.4, 0.5) is 0 Å². The molecule has 1 atom stereocenters. The zero-order valence-electron chi connectivity index (χ0n) is 5.87. The fourth-order valence-electron chi connectivity index (χ4n) is 0.696. The molecule has 0 aliphatic carbocycles. The van der Waals surface area contributed by atoms with Crippen molar-refractivity contribution >= 4 is 15.9 Å². The van der Waals surface area contributed by atoms with Gasteiger partial charge in [0.15, 0.2) is 0 Å². The van der Waals surface area contributed by atoms with Crippen LogP contribution in [-0.2, 0) is 0 Å². The minimum absolute atomic E-state index is 0.411. The average molecular weight is 140 g/mol. The van der Waals surface area contributed by atoms with Gasteiger partial charge in [-0.25, -0.2) is 0 Å². The second-order valence-corrected chi connectivity index (χ2v) is 4.61. The molecule has 0 spiro atoms. The van der Waals surface area contributed by atoms with E-state index in [2.05, 4.69) is 42.9 Å². The number of hydrogen-bond acceptors (Lipinski definition) is 0. The molecule has 1 aliphatic rings.